The van der Waals surface area contributed by atoms with Gasteiger partial charge in [0.25, 0.3) is 0 Å². The zero-order valence-electron chi connectivity index (χ0n) is 10.9. The average Bonchev–Trinajstić information content (AvgIpc) is 2.39. The molecule has 0 spiro atoms. The van der Waals surface area contributed by atoms with Crippen molar-refractivity contribution in [3.63, 3.8) is 0 Å². The maximum Gasteiger partial charge on any atom is 0.387 e. The Kier molecular flexibility index (Phi) is 4.52. The monoisotopic (exact) mass is 271 g/mol. The highest BCUT2D eigenvalue weighted by molar-refractivity contribution is 5.42. The summed E-state index contributed by atoms with van der Waals surface area (Å²) in [5.41, 5.74) is 5.80. The Morgan fingerprint density at radius 1 is 1.53 bits per heavy atom. The van der Waals surface area contributed by atoms with Crippen molar-refractivity contribution >= 4 is 5.82 Å². The van der Waals surface area contributed by atoms with Crippen molar-refractivity contribution in [1.82, 2.24) is 4.98 Å². The number of alkyl halides is 2. The molecule has 6 heteroatoms. The third-order valence-electron chi connectivity index (χ3n) is 3.49. The van der Waals surface area contributed by atoms with Gasteiger partial charge in [0.15, 0.2) is 0 Å². The third kappa shape index (κ3) is 3.53. The number of nitrogens with zero attached hydrogens (tertiary/aromatic N) is 2. The summed E-state index contributed by atoms with van der Waals surface area (Å²) < 4.78 is 28.4. The molecule has 106 valence electrons. The van der Waals surface area contributed by atoms with E-state index in [4.69, 9.17) is 5.73 Å². The minimum Gasteiger partial charge on any atom is -0.433 e. The highest BCUT2D eigenvalue weighted by Crippen LogP contribution is 2.27. The fourth-order valence-electron chi connectivity index (χ4n) is 2.49. The molecule has 0 amide bonds. The van der Waals surface area contributed by atoms with Gasteiger partial charge in [0.05, 0.1) is 6.20 Å². The summed E-state index contributed by atoms with van der Waals surface area (Å²) >= 11 is 0. The number of ether oxygens (including phenoxy) is 1. The number of piperidine rings is 1. The van der Waals surface area contributed by atoms with Crippen LogP contribution >= 0.6 is 0 Å². The maximum atomic E-state index is 12.1. The second-order valence-corrected chi connectivity index (χ2v) is 4.94. The van der Waals surface area contributed by atoms with E-state index in [-0.39, 0.29) is 11.8 Å². The lowest BCUT2D eigenvalue weighted by Gasteiger charge is -2.38. The number of halogens is 2. The van der Waals surface area contributed by atoms with Crippen LogP contribution in [0.4, 0.5) is 14.6 Å². The van der Waals surface area contributed by atoms with E-state index in [1.807, 2.05) is 0 Å². The van der Waals surface area contributed by atoms with Crippen molar-refractivity contribution in [3.8, 4) is 5.75 Å². The zero-order valence-corrected chi connectivity index (χ0v) is 10.9. The Morgan fingerprint density at radius 3 is 2.89 bits per heavy atom. The van der Waals surface area contributed by atoms with Crippen LogP contribution in [0.15, 0.2) is 18.3 Å². The van der Waals surface area contributed by atoms with Gasteiger partial charge in [-0.15, -0.1) is 0 Å². The Labute approximate surface area is 111 Å². The fraction of sp³-hybridized carbons (Fsp3) is 0.615. The summed E-state index contributed by atoms with van der Waals surface area (Å²) in [4.78, 5) is 6.34. The van der Waals surface area contributed by atoms with Crippen LogP contribution in [-0.4, -0.2) is 30.7 Å². The number of hydrogen-bond donors (Lipinski definition) is 1. The molecule has 1 fully saturated rings. The molecule has 4 nitrogen and oxygen atoms in total. The highest BCUT2D eigenvalue weighted by atomic mass is 19.3. The molecule has 1 saturated heterocycles. The minimum atomic E-state index is -2.82. The molecule has 2 heterocycles. The predicted octanol–water partition coefficient (Wildman–Crippen LogP) is 2.25. The van der Waals surface area contributed by atoms with E-state index in [1.54, 1.807) is 6.07 Å². The maximum absolute atomic E-state index is 12.1. The summed E-state index contributed by atoms with van der Waals surface area (Å²) in [6.45, 7) is 0.861. The van der Waals surface area contributed by atoms with E-state index in [0.29, 0.717) is 12.5 Å². The number of rotatable bonds is 4. The van der Waals surface area contributed by atoms with Crippen LogP contribution in [0.25, 0.3) is 0 Å². The zero-order chi connectivity index (χ0) is 13.8. The standard InChI is InChI=1S/C13H19F2N3O/c1-9-4-5-18(10(6-9)7-16)12-3-2-11(8-17-12)19-13(14)15/h2-3,8-10,13H,4-7,16H2,1H3. The normalized spacial score (nSPS) is 23.7. The van der Waals surface area contributed by atoms with Gasteiger partial charge in [0.2, 0.25) is 0 Å². The first-order chi connectivity index (χ1) is 9.10. The van der Waals surface area contributed by atoms with E-state index in [0.717, 1.165) is 25.2 Å². The average molecular weight is 271 g/mol. The summed E-state index contributed by atoms with van der Waals surface area (Å²) in [5, 5.41) is 0. The topological polar surface area (TPSA) is 51.4 Å². The quantitative estimate of drug-likeness (QED) is 0.912. The molecule has 1 aliphatic rings. The lowest BCUT2D eigenvalue weighted by Crippen LogP contribution is -2.46. The molecular formula is C13H19F2N3O. The van der Waals surface area contributed by atoms with Gasteiger partial charge in [-0.25, -0.2) is 4.98 Å². The van der Waals surface area contributed by atoms with Gasteiger partial charge in [-0.3, -0.25) is 0 Å². The highest BCUT2D eigenvalue weighted by Gasteiger charge is 2.26. The molecular weight excluding hydrogens is 252 g/mol. The SMILES string of the molecule is CC1CCN(c2ccc(OC(F)F)cn2)C(CN)C1. The molecule has 1 aromatic rings. The van der Waals surface area contributed by atoms with Crippen molar-refractivity contribution in [1.29, 1.82) is 0 Å². The second kappa shape index (κ2) is 6.14. The number of pyridine rings is 1. The Bertz CT molecular complexity index is 399. The summed E-state index contributed by atoms with van der Waals surface area (Å²) in [6, 6.07) is 3.48. The van der Waals surface area contributed by atoms with E-state index >= 15 is 0 Å². The Hall–Kier alpha value is -1.43. The molecule has 0 radical (unpaired) electrons. The van der Waals surface area contributed by atoms with E-state index in [1.165, 1.54) is 12.3 Å². The molecule has 0 aliphatic carbocycles. The molecule has 2 atom stereocenters. The Balaban J connectivity index is 2.08. The number of anilines is 1. The number of nitrogens with two attached hydrogens (primary N) is 1. The first-order valence-electron chi connectivity index (χ1n) is 6.47. The van der Waals surface area contributed by atoms with Crippen molar-refractivity contribution in [2.45, 2.75) is 32.4 Å². The van der Waals surface area contributed by atoms with Crippen LogP contribution in [0.5, 0.6) is 5.75 Å². The van der Waals surface area contributed by atoms with Crippen LogP contribution in [0, 0.1) is 5.92 Å². The van der Waals surface area contributed by atoms with Crippen LogP contribution in [0.2, 0.25) is 0 Å². The van der Waals surface area contributed by atoms with Crippen molar-refractivity contribution < 1.29 is 13.5 Å². The van der Waals surface area contributed by atoms with Crippen LogP contribution < -0.4 is 15.4 Å². The third-order valence-corrected chi connectivity index (χ3v) is 3.49. The van der Waals surface area contributed by atoms with E-state index in [9.17, 15) is 8.78 Å². The molecule has 1 aromatic heterocycles. The van der Waals surface area contributed by atoms with Crippen LogP contribution in [0.3, 0.4) is 0 Å². The molecule has 0 saturated carbocycles. The van der Waals surface area contributed by atoms with Gasteiger partial charge >= 0.3 is 6.61 Å². The first-order valence-corrected chi connectivity index (χ1v) is 6.47. The van der Waals surface area contributed by atoms with Gasteiger partial charge in [0.1, 0.15) is 11.6 Å². The lowest BCUT2D eigenvalue weighted by molar-refractivity contribution is -0.0500. The first kappa shape index (κ1) is 14.0. The van der Waals surface area contributed by atoms with E-state index in [2.05, 4.69) is 21.5 Å². The van der Waals surface area contributed by atoms with Gasteiger partial charge < -0.3 is 15.4 Å². The lowest BCUT2D eigenvalue weighted by atomic mass is 9.92. The molecule has 0 aromatic carbocycles. The fourth-order valence-corrected chi connectivity index (χ4v) is 2.49. The van der Waals surface area contributed by atoms with Crippen molar-refractivity contribution in [3.05, 3.63) is 18.3 Å². The van der Waals surface area contributed by atoms with Crippen molar-refractivity contribution in [2.75, 3.05) is 18.0 Å². The van der Waals surface area contributed by atoms with Gasteiger partial charge in [-0.1, -0.05) is 6.92 Å². The second-order valence-electron chi connectivity index (χ2n) is 4.94. The molecule has 2 unspecified atom stereocenters. The van der Waals surface area contributed by atoms with Crippen LogP contribution in [0.1, 0.15) is 19.8 Å². The minimum absolute atomic E-state index is 0.0772. The number of hydrogen-bond acceptors (Lipinski definition) is 4. The summed E-state index contributed by atoms with van der Waals surface area (Å²) in [5.74, 6) is 1.50. The Morgan fingerprint density at radius 2 is 2.32 bits per heavy atom. The molecule has 19 heavy (non-hydrogen) atoms. The van der Waals surface area contributed by atoms with Crippen LogP contribution in [-0.2, 0) is 0 Å². The van der Waals surface area contributed by atoms with Gasteiger partial charge in [-0.2, -0.15) is 8.78 Å². The summed E-state index contributed by atoms with van der Waals surface area (Å²) in [7, 11) is 0. The largest absolute Gasteiger partial charge is 0.433 e. The molecule has 0 bridgehead atoms. The van der Waals surface area contributed by atoms with Gasteiger partial charge in [0, 0.05) is 19.1 Å². The number of aromatic nitrogens is 1. The van der Waals surface area contributed by atoms with Crippen molar-refractivity contribution in [2.24, 2.45) is 11.7 Å². The van der Waals surface area contributed by atoms with Gasteiger partial charge in [-0.05, 0) is 30.9 Å². The molecule has 1 aliphatic heterocycles. The summed E-state index contributed by atoms with van der Waals surface area (Å²) in [6.07, 6.45) is 3.45. The smallest absolute Gasteiger partial charge is 0.387 e. The van der Waals surface area contributed by atoms with E-state index < -0.39 is 6.61 Å². The molecule has 2 rings (SSSR count). The molecule has 2 N–H and O–H groups in total. The predicted molar refractivity (Wildman–Crippen MR) is 69.5 cm³/mol.